The lowest BCUT2D eigenvalue weighted by Gasteiger charge is -2.38. The zero-order valence-corrected chi connectivity index (χ0v) is 11.0. The Hall–Kier alpha value is -1.81. The number of aromatic nitrogens is 2. The van der Waals surface area contributed by atoms with E-state index in [0.717, 1.165) is 0 Å². The SMILES string of the molecule is COCC(=O)N1CC(Sc2nonc2/C(N)=N/O)C1. The molecule has 1 amide bonds. The molecule has 0 aliphatic carbocycles. The third kappa shape index (κ3) is 2.96. The summed E-state index contributed by atoms with van der Waals surface area (Å²) in [4.78, 5) is 13.1. The zero-order chi connectivity index (χ0) is 13.8. The monoisotopic (exact) mass is 287 g/mol. The molecule has 1 aromatic heterocycles. The third-order valence-electron chi connectivity index (χ3n) is 2.56. The standard InChI is InChI=1S/C9H13N5O4S/c1-17-4-6(15)14-2-5(3-14)19-9-7(8(10)11-16)12-18-13-9/h5,16H,2-4H2,1H3,(H2,10,11). The van der Waals surface area contributed by atoms with Crippen LogP contribution in [-0.2, 0) is 9.53 Å². The van der Waals surface area contributed by atoms with E-state index >= 15 is 0 Å². The highest BCUT2D eigenvalue weighted by atomic mass is 32.2. The summed E-state index contributed by atoms with van der Waals surface area (Å²) < 4.78 is 9.33. The van der Waals surface area contributed by atoms with Gasteiger partial charge in [0.15, 0.2) is 16.6 Å². The molecule has 9 nitrogen and oxygen atoms in total. The van der Waals surface area contributed by atoms with Crippen LogP contribution in [0.1, 0.15) is 5.69 Å². The molecule has 1 aromatic rings. The first-order valence-corrected chi connectivity index (χ1v) is 6.27. The highest BCUT2D eigenvalue weighted by Gasteiger charge is 2.33. The summed E-state index contributed by atoms with van der Waals surface area (Å²) in [7, 11) is 1.48. The molecule has 0 unspecified atom stereocenters. The molecule has 1 aliphatic rings. The van der Waals surface area contributed by atoms with Gasteiger partial charge in [0.25, 0.3) is 0 Å². The number of hydrogen-bond acceptors (Lipinski definition) is 8. The summed E-state index contributed by atoms with van der Waals surface area (Å²) >= 11 is 1.37. The molecule has 0 radical (unpaired) electrons. The number of thioether (sulfide) groups is 1. The second-order valence-electron chi connectivity index (χ2n) is 3.87. The van der Waals surface area contributed by atoms with Gasteiger partial charge in [0.2, 0.25) is 5.91 Å². The van der Waals surface area contributed by atoms with Crippen LogP contribution in [0.4, 0.5) is 0 Å². The van der Waals surface area contributed by atoms with Gasteiger partial charge < -0.3 is 20.6 Å². The maximum atomic E-state index is 11.5. The van der Waals surface area contributed by atoms with Crippen molar-refractivity contribution >= 4 is 23.5 Å². The van der Waals surface area contributed by atoms with Crippen molar-refractivity contribution < 1.29 is 19.4 Å². The van der Waals surface area contributed by atoms with Gasteiger partial charge in [0, 0.05) is 25.4 Å². The lowest BCUT2D eigenvalue weighted by Crippen LogP contribution is -2.53. The number of likely N-dealkylation sites (tertiary alicyclic amines) is 1. The minimum Gasteiger partial charge on any atom is -0.409 e. The van der Waals surface area contributed by atoms with Gasteiger partial charge in [-0.3, -0.25) is 4.79 Å². The Morgan fingerprint density at radius 3 is 3.05 bits per heavy atom. The first-order valence-electron chi connectivity index (χ1n) is 5.39. The van der Waals surface area contributed by atoms with E-state index in [1.54, 1.807) is 4.90 Å². The number of carbonyl (C=O) groups is 1. The van der Waals surface area contributed by atoms with Crippen LogP contribution in [0.3, 0.4) is 0 Å². The largest absolute Gasteiger partial charge is 0.409 e. The van der Waals surface area contributed by atoms with Crippen molar-refractivity contribution in [1.29, 1.82) is 0 Å². The van der Waals surface area contributed by atoms with E-state index in [9.17, 15) is 4.79 Å². The van der Waals surface area contributed by atoms with E-state index in [-0.39, 0.29) is 29.3 Å². The van der Waals surface area contributed by atoms with Crippen molar-refractivity contribution in [1.82, 2.24) is 15.2 Å². The van der Waals surface area contributed by atoms with Crippen LogP contribution >= 0.6 is 11.8 Å². The summed E-state index contributed by atoms with van der Waals surface area (Å²) in [5, 5.41) is 19.3. The molecule has 0 atom stereocenters. The van der Waals surface area contributed by atoms with Crippen LogP contribution in [0.25, 0.3) is 0 Å². The van der Waals surface area contributed by atoms with Gasteiger partial charge >= 0.3 is 0 Å². The molecule has 1 saturated heterocycles. The second-order valence-corrected chi connectivity index (χ2v) is 5.16. The number of carbonyl (C=O) groups excluding carboxylic acids is 1. The zero-order valence-electron chi connectivity index (χ0n) is 10.1. The van der Waals surface area contributed by atoms with Crippen LogP contribution in [0, 0.1) is 0 Å². The summed E-state index contributed by atoms with van der Waals surface area (Å²) in [6.07, 6.45) is 0. The summed E-state index contributed by atoms with van der Waals surface area (Å²) in [5.41, 5.74) is 5.64. The molecule has 3 N–H and O–H groups in total. The quantitative estimate of drug-likeness (QED) is 0.309. The Bertz CT molecular complexity index is 485. The molecule has 0 saturated carbocycles. The van der Waals surface area contributed by atoms with E-state index in [0.29, 0.717) is 18.1 Å². The fraction of sp³-hybridized carbons (Fsp3) is 0.556. The minimum atomic E-state index is -0.157. The number of methoxy groups -OCH3 is 1. The predicted molar refractivity (Wildman–Crippen MR) is 64.9 cm³/mol. The second kappa shape index (κ2) is 5.89. The van der Waals surface area contributed by atoms with Crippen molar-refractivity contribution in [2.24, 2.45) is 10.9 Å². The Kier molecular flexibility index (Phi) is 4.22. The van der Waals surface area contributed by atoms with E-state index in [4.69, 9.17) is 15.7 Å². The van der Waals surface area contributed by atoms with Gasteiger partial charge in [-0.25, -0.2) is 4.63 Å². The summed E-state index contributed by atoms with van der Waals surface area (Å²) in [6.45, 7) is 1.27. The average molecular weight is 287 g/mol. The van der Waals surface area contributed by atoms with Crippen LogP contribution in [0.15, 0.2) is 14.8 Å². The van der Waals surface area contributed by atoms with E-state index < -0.39 is 0 Å². The fourth-order valence-corrected chi connectivity index (χ4v) is 2.71. The topological polar surface area (TPSA) is 127 Å². The number of hydrogen-bond donors (Lipinski definition) is 2. The van der Waals surface area contributed by atoms with E-state index in [2.05, 4.69) is 20.1 Å². The minimum absolute atomic E-state index is 0.0470. The Labute approximate surface area is 112 Å². The lowest BCUT2D eigenvalue weighted by molar-refractivity contribution is -0.138. The van der Waals surface area contributed by atoms with Crippen LogP contribution in [0.2, 0.25) is 0 Å². The third-order valence-corrected chi connectivity index (χ3v) is 3.68. The first-order chi connectivity index (χ1) is 9.15. The van der Waals surface area contributed by atoms with Gasteiger partial charge in [0.1, 0.15) is 6.61 Å². The number of nitrogens with two attached hydrogens (primary N) is 1. The van der Waals surface area contributed by atoms with E-state index in [1.807, 2.05) is 0 Å². The molecule has 1 aliphatic heterocycles. The molecule has 10 heteroatoms. The molecule has 2 heterocycles. The van der Waals surface area contributed by atoms with Crippen LogP contribution in [0.5, 0.6) is 0 Å². The van der Waals surface area contributed by atoms with Gasteiger partial charge in [-0.05, 0) is 10.3 Å². The molecule has 1 fully saturated rings. The first kappa shape index (κ1) is 13.6. The number of rotatable bonds is 5. The fourth-order valence-electron chi connectivity index (χ4n) is 1.55. The van der Waals surface area contributed by atoms with Crippen molar-refractivity contribution in [3.05, 3.63) is 5.69 Å². The molecule has 104 valence electrons. The number of nitrogens with zero attached hydrogens (tertiary/aromatic N) is 4. The number of ether oxygens (including phenoxy) is 1. The smallest absolute Gasteiger partial charge is 0.248 e. The van der Waals surface area contributed by atoms with Gasteiger partial charge in [-0.15, -0.1) is 0 Å². The molecule has 0 aromatic carbocycles. The number of oxime groups is 1. The normalized spacial score (nSPS) is 16.5. The summed E-state index contributed by atoms with van der Waals surface area (Å²) in [6, 6.07) is 0. The van der Waals surface area contributed by atoms with Crippen molar-refractivity contribution in [2.75, 3.05) is 26.8 Å². The van der Waals surface area contributed by atoms with Gasteiger partial charge in [-0.1, -0.05) is 16.9 Å². The van der Waals surface area contributed by atoms with Crippen molar-refractivity contribution in [3.8, 4) is 0 Å². The molecule has 0 bridgehead atoms. The average Bonchev–Trinajstić information content (AvgIpc) is 2.80. The molecule has 0 spiro atoms. The van der Waals surface area contributed by atoms with Crippen molar-refractivity contribution in [2.45, 2.75) is 10.3 Å². The molecule has 2 rings (SSSR count). The molecular weight excluding hydrogens is 274 g/mol. The van der Waals surface area contributed by atoms with Crippen molar-refractivity contribution in [3.63, 3.8) is 0 Å². The Balaban J connectivity index is 1.88. The van der Waals surface area contributed by atoms with Crippen LogP contribution < -0.4 is 5.73 Å². The molecule has 19 heavy (non-hydrogen) atoms. The predicted octanol–water partition coefficient (Wildman–Crippen LogP) is -0.887. The van der Waals surface area contributed by atoms with E-state index in [1.165, 1.54) is 18.9 Å². The maximum absolute atomic E-state index is 11.5. The summed E-state index contributed by atoms with van der Waals surface area (Å²) in [5.74, 6) is -0.204. The highest BCUT2D eigenvalue weighted by molar-refractivity contribution is 8.00. The highest BCUT2D eigenvalue weighted by Crippen LogP contribution is 2.30. The number of amides is 1. The van der Waals surface area contributed by atoms with Gasteiger partial charge in [-0.2, -0.15) is 0 Å². The Morgan fingerprint density at radius 1 is 1.68 bits per heavy atom. The van der Waals surface area contributed by atoms with Crippen LogP contribution in [-0.4, -0.2) is 64.2 Å². The Morgan fingerprint density at radius 2 is 2.42 bits per heavy atom. The molecular formula is C9H13N5O4S. The lowest BCUT2D eigenvalue weighted by atomic mass is 10.2. The van der Waals surface area contributed by atoms with Gasteiger partial charge in [0.05, 0.1) is 0 Å². The number of amidine groups is 1. The maximum Gasteiger partial charge on any atom is 0.248 e.